The van der Waals surface area contributed by atoms with E-state index in [0.717, 1.165) is 35.5 Å². The summed E-state index contributed by atoms with van der Waals surface area (Å²) >= 11 is 0. The fourth-order valence-corrected chi connectivity index (χ4v) is 5.48. The fraction of sp³-hybridized carbons (Fsp3) is 0.406. The van der Waals surface area contributed by atoms with Crippen molar-refractivity contribution < 1.29 is 19.4 Å². The minimum atomic E-state index is -0.784. The minimum Gasteiger partial charge on any atom is -0.490 e. The van der Waals surface area contributed by atoms with E-state index in [1.54, 1.807) is 0 Å². The van der Waals surface area contributed by atoms with E-state index in [9.17, 15) is 4.79 Å². The Bertz CT molecular complexity index is 1220. The Morgan fingerprint density at radius 2 is 1.75 bits per heavy atom. The molecule has 0 amide bonds. The van der Waals surface area contributed by atoms with Gasteiger partial charge in [-0.2, -0.15) is 0 Å². The van der Waals surface area contributed by atoms with Gasteiger partial charge in [0, 0.05) is 6.42 Å². The topological polar surface area (TPSA) is 55.8 Å². The Morgan fingerprint density at radius 3 is 2.50 bits per heavy atom. The first-order valence-electron chi connectivity index (χ1n) is 13.2. The Balaban J connectivity index is 1.40. The van der Waals surface area contributed by atoms with E-state index in [2.05, 4.69) is 56.3 Å². The molecule has 36 heavy (non-hydrogen) atoms. The number of benzene rings is 3. The van der Waals surface area contributed by atoms with Gasteiger partial charge in [0.05, 0.1) is 6.10 Å². The molecule has 3 aromatic rings. The van der Waals surface area contributed by atoms with Gasteiger partial charge in [-0.15, -0.1) is 0 Å². The number of ether oxygens (including phenoxy) is 2. The van der Waals surface area contributed by atoms with Crippen LogP contribution in [0.25, 0.3) is 11.1 Å². The summed E-state index contributed by atoms with van der Waals surface area (Å²) in [6.07, 6.45) is 7.03. The van der Waals surface area contributed by atoms with Crippen LogP contribution in [0.15, 0.2) is 66.7 Å². The number of carbonyl (C=O) groups is 1. The zero-order valence-corrected chi connectivity index (χ0v) is 21.3. The van der Waals surface area contributed by atoms with Gasteiger partial charge in [0.1, 0.15) is 18.1 Å². The van der Waals surface area contributed by atoms with Crippen molar-refractivity contribution in [2.24, 2.45) is 5.41 Å². The van der Waals surface area contributed by atoms with E-state index in [1.165, 1.54) is 36.0 Å². The van der Waals surface area contributed by atoms with E-state index in [4.69, 9.17) is 14.6 Å². The number of hydrogen-bond acceptors (Lipinski definition) is 3. The first kappa shape index (κ1) is 24.4. The third kappa shape index (κ3) is 5.92. The SMILES string of the molecule is CC1(C)CCCC1c1cc(COc2cccc(CCC(=O)O)c2)ccc1-c1cccc(OC2CC2)c1. The van der Waals surface area contributed by atoms with Crippen molar-refractivity contribution in [3.8, 4) is 22.6 Å². The van der Waals surface area contributed by atoms with Gasteiger partial charge >= 0.3 is 5.97 Å². The average Bonchev–Trinajstić information content (AvgIpc) is 3.61. The van der Waals surface area contributed by atoms with Crippen LogP contribution in [0.2, 0.25) is 0 Å². The third-order valence-electron chi connectivity index (χ3n) is 7.65. The van der Waals surface area contributed by atoms with Crippen LogP contribution in [-0.2, 0) is 17.8 Å². The van der Waals surface area contributed by atoms with Gasteiger partial charge in [-0.1, -0.05) is 62.7 Å². The molecule has 5 rings (SSSR count). The van der Waals surface area contributed by atoms with Crippen molar-refractivity contribution in [2.45, 2.75) is 77.4 Å². The van der Waals surface area contributed by atoms with Crippen LogP contribution in [0.5, 0.6) is 11.5 Å². The minimum absolute atomic E-state index is 0.123. The highest BCUT2D eigenvalue weighted by Crippen LogP contribution is 2.51. The van der Waals surface area contributed by atoms with Gasteiger partial charge < -0.3 is 14.6 Å². The summed E-state index contributed by atoms with van der Waals surface area (Å²) < 4.78 is 12.2. The molecular weight excluding hydrogens is 448 g/mol. The number of carboxylic acids is 1. The van der Waals surface area contributed by atoms with Crippen LogP contribution in [0.3, 0.4) is 0 Å². The standard InChI is InChI=1S/C32H36O4/c1-32(2)17-5-10-30(32)29-19-23(21-35-26-8-3-6-22(18-26)12-16-31(33)34)11-15-28(29)24-7-4-9-27(20-24)36-25-13-14-25/h3-4,6-9,11,15,18-20,25,30H,5,10,12-14,16-17,21H2,1-2H3,(H,33,34). The summed E-state index contributed by atoms with van der Waals surface area (Å²) in [5.74, 6) is 1.45. The van der Waals surface area contributed by atoms with E-state index in [0.29, 0.717) is 25.0 Å². The molecule has 0 saturated heterocycles. The lowest BCUT2D eigenvalue weighted by molar-refractivity contribution is -0.136. The number of carboxylic acid groups (broad SMARTS) is 1. The van der Waals surface area contributed by atoms with Crippen molar-refractivity contribution in [2.75, 3.05) is 0 Å². The van der Waals surface area contributed by atoms with Crippen LogP contribution < -0.4 is 9.47 Å². The van der Waals surface area contributed by atoms with Crippen molar-refractivity contribution >= 4 is 5.97 Å². The molecule has 1 unspecified atom stereocenters. The summed E-state index contributed by atoms with van der Waals surface area (Å²) in [7, 11) is 0. The highest BCUT2D eigenvalue weighted by atomic mass is 16.5. The number of aryl methyl sites for hydroxylation is 1. The lowest BCUT2D eigenvalue weighted by Gasteiger charge is -2.30. The molecule has 0 radical (unpaired) electrons. The monoisotopic (exact) mass is 484 g/mol. The molecular formula is C32H36O4. The molecule has 0 aliphatic heterocycles. The summed E-state index contributed by atoms with van der Waals surface area (Å²) in [6.45, 7) is 5.27. The molecule has 2 aliphatic carbocycles. The number of rotatable bonds is 10. The Kier molecular flexibility index (Phi) is 7.04. The van der Waals surface area contributed by atoms with Crippen molar-refractivity contribution in [1.29, 1.82) is 0 Å². The van der Waals surface area contributed by atoms with E-state index in [-0.39, 0.29) is 11.8 Å². The molecule has 0 aromatic heterocycles. The van der Waals surface area contributed by atoms with Crippen LogP contribution in [0.1, 0.15) is 75.0 Å². The lowest BCUT2D eigenvalue weighted by atomic mass is 9.75. The van der Waals surface area contributed by atoms with Gasteiger partial charge in [0.2, 0.25) is 0 Å². The second-order valence-corrected chi connectivity index (χ2v) is 11.0. The van der Waals surface area contributed by atoms with Crippen LogP contribution in [0, 0.1) is 5.41 Å². The maximum Gasteiger partial charge on any atom is 0.303 e. The highest BCUT2D eigenvalue weighted by Gasteiger charge is 2.37. The molecule has 3 aromatic carbocycles. The second-order valence-electron chi connectivity index (χ2n) is 11.0. The van der Waals surface area contributed by atoms with Gasteiger partial charge in [-0.3, -0.25) is 4.79 Å². The quantitative estimate of drug-likeness (QED) is 0.319. The first-order valence-corrected chi connectivity index (χ1v) is 13.2. The molecule has 4 heteroatoms. The van der Waals surface area contributed by atoms with Crippen LogP contribution >= 0.6 is 0 Å². The molecule has 0 spiro atoms. The molecule has 4 nitrogen and oxygen atoms in total. The second kappa shape index (κ2) is 10.4. The average molecular weight is 485 g/mol. The van der Waals surface area contributed by atoms with Gasteiger partial charge in [0.25, 0.3) is 0 Å². The first-order chi connectivity index (χ1) is 17.4. The van der Waals surface area contributed by atoms with Gasteiger partial charge in [0.15, 0.2) is 0 Å². The molecule has 0 bridgehead atoms. The summed E-state index contributed by atoms with van der Waals surface area (Å²) in [5.41, 5.74) is 6.29. The Hall–Kier alpha value is -3.27. The smallest absolute Gasteiger partial charge is 0.303 e. The molecule has 1 N–H and O–H groups in total. The normalized spacial score (nSPS) is 18.7. The third-order valence-corrected chi connectivity index (χ3v) is 7.65. The zero-order chi connectivity index (χ0) is 25.1. The predicted molar refractivity (Wildman–Crippen MR) is 143 cm³/mol. The maximum absolute atomic E-state index is 10.9. The summed E-state index contributed by atoms with van der Waals surface area (Å²) in [6, 6.07) is 23.1. The Morgan fingerprint density at radius 1 is 0.944 bits per heavy atom. The largest absolute Gasteiger partial charge is 0.490 e. The van der Waals surface area contributed by atoms with E-state index >= 15 is 0 Å². The highest BCUT2D eigenvalue weighted by molar-refractivity contribution is 5.70. The predicted octanol–water partition coefficient (Wildman–Crippen LogP) is 7.78. The fourth-order valence-electron chi connectivity index (χ4n) is 5.48. The lowest BCUT2D eigenvalue weighted by Crippen LogP contribution is -2.16. The summed E-state index contributed by atoms with van der Waals surface area (Å²) in [5, 5.41) is 8.97. The van der Waals surface area contributed by atoms with E-state index < -0.39 is 5.97 Å². The maximum atomic E-state index is 10.9. The Labute approximate surface area is 214 Å². The zero-order valence-electron chi connectivity index (χ0n) is 21.3. The summed E-state index contributed by atoms with van der Waals surface area (Å²) in [4.78, 5) is 10.9. The number of aliphatic carboxylic acids is 1. The van der Waals surface area contributed by atoms with Gasteiger partial charge in [-0.25, -0.2) is 0 Å². The van der Waals surface area contributed by atoms with Crippen molar-refractivity contribution in [3.05, 3.63) is 83.4 Å². The van der Waals surface area contributed by atoms with Crippen LogP contribution in [-0.4, -0.2) is 17.2 Å². The molecule has 2 aliphatic rings. The van der Waals surface area contributed by atoms with Crippen molar-refractivity contribution in [1.82, 2.24) is 0 Å². The van der Waals surface area contributed by atoms with Crippen molar-refractivity contribution in [3.63, 3.8) is 0 Å². The molecule has 2 fully saturated rings. The van der Waals surface area contributed by atoms with Gasteiger partial charge in [-0.05, 0) is 95.5 Å². The molecule has 188 valence electrons. The molecule has 2 saturated carbocycles. The number of hydrogen-bond donors (Lipinski definition) is 1. The molecule has 1 atom stereocenters. The molecule has 0 heterocycles. The van der Waals surface area contributed by atoms with E-state index in [1.807, 2.05) is 24.3 Å². The van der Waals surface area contributed by atoms with Crippen LogP contribution in [0.4, 0.5) is 0 Å².